The summed E-state index contributed by atoms with van der Waals surface area (Å²) in [5.41, 5.74) is 6.98. The molecule has 0 aliphatic rings. The lowest BCUT2D eigenvalue weighted by molar-refractivity contribution is 1.18. The summed E-state index contributed by atoms with van der Waals surface area (Å²) >= 11 is 1.89. The van der Waals surface area contributed by atoms with E-state index in [0.29, 0.717) is 0 Å². The molecule has 9 rings (SSSR count). The Morgan fingerprint density at radius 2 is 1.05 bits per heavy atom. The lowest BCUT2D eigenvalue weighted by atomic mass is 10.1. The minimum absolute atomic E-state index is 1.13. The lowest BCUT2D eigenvalue weighted by Crippen LogP contribution is -2.09. The third-order valence-electron chi connectivity index (χ3n) is 8.55. The van der Waals surface area contributed by atoms with Crippen LogP contribution in [0.3, 0.4) is 0 Å². The van der Waals surface area contributed by atoms with Crippen molar-refractivity contribution >= 4 is 81.1 Å². The molecule has 0 saturated heterocycles. The first-order valence-corrected chi connectivity index (χ1v) is 15.4. The van der Waals surface area contributed by atoms with Gasteiger partial charge in [-0.2, -0.15) is 0 Å². The summed E-state index contributed by atoms with van der Waals surface area (Å²) in [4.78, 5) is 2.38. The molecule has 202 valence electrons. The number of aromatic nitrogens is 1. The largest absolute Gasteiger partial charge is 0.310 e. The van der Waals surface area contributed by atoms with Crippen molar-refractivity contribution in [2.45, 2.75) is 0 Å². The van der Waals surface area contributed by atoms with Gasteiger partial charge >= 0.3 is 0 Å². The van der Waals surface area contributed by atoms with Crippen molar-refractivity contribution in [1.82, 2.24) is 4.57 Å². The second-order valence-corrected chi connectivity index (χ2v) is 12.1. The smallest absolute Gasteiger partial charge is 0.0561 e. The van der Waals surface area contributed by atoms with Crippen LogP contribution in [0.15, 0.2) is 158 Å². The molecule has 3 heteroatoms. The zero-order valence-corrected chi connectivity index (χ0v) is 24.1. The molecular weight excluding hydrogens is 541 g/mol. The van der Waals surface area contributed by atoms with Crippen LogP contribution in [0.2, 0.25) is 0 Å². The standard InChI is InChI=1S/C40H26N2S/c1-3-12-28(13-4-1)41(31-21-24-35-36-22-19-27-11-7-8-16-32(27)40(36)43-39(35)26-31)30-20-23-34-33-17-9-10-18-37(33)42(38(34)25-30)29-14-5-2-6-15-29/h1-26H. The number of fused-ring (bicyclic) bond motifs is 8. The van der Waals surface area contributed by atoms with E-state index in [1.54, 1.807) is 0 Å². The van der Waals surface area contributed by atoms with Crippen molar-refractivity contribution < 1.29 is 0 Å². The summed E-state index contributed by atoms with van der Waals surface area (Å²) in [6, 6.07) is 57.1. The predicted molar refractivity (Wildman–Crippen MR) is 186 cm³/mol. The average molecular weight is 567 g/mol. The molecule has 9 aromatic rings. The molecule has 0 aliphatic heterocycles. The summed E-state index contributed by atoms with van der Waals surface area (Å²) in [5.74, 6) is 0. The third-order valence-corrected chi connectivity index (χ3v) is 9.75. The average Bonchev–Trinajstić information content (AvgIpc) is 3.61. The Morgan fingerprint density at radius 3 is 1.88 bits per heavy atom. The van der Waals surface area contributed by atoms with E-state index >= 15 is 0 Å². The van der Waals surface area contributed by atoms with Crippen LogP contribution >= 0.6 is 11.3 Å². The van der Waals surface area contributed by atoms with Gasteiger partial charge in [-0.15, -0.1) is 11.3 Å². The molecule has 43 heavy (non-hydrogen) atoms. The summed E-state index contributed by atoms with van der Waals surface area (Å²) in [6.07, 6.45) is 0. The third kappa shape index (κ3) is 3.79. The Hall–Kier alpha value is -5.38. The molecule has 2 nitrogen and oxygen atoms in total. The fourth-order valence-electron chi connectivity index (χ4n) is 6.61. The molecule has 0 spiro atoms. The van der Waals surface area contributed by atoms with Crippen LogP contribution in [0, 0.1) is 0 Å². The van der Waals surface area contributed by atoms with Crippen molar-refractivity contribution in [3.63, 3.8) is 0 Å². The zero-order valence-electron chi connectivity index (χ0n) is 23.3. The maximum Gasteiger partial charge on any atom is 0.0561 e. The van der Waals surface area contributed by atoms with Gasteiger partial charge in [-0.1, -0.05) is 103 Å². The minimum atomic E-state index is 1.13. The maximum atomic E-state index is 2.39. The number of anilines is 3. The van der Waals surface area contributed by atoms with Gasteiger partial charge < -0.3 is 9.47 Å². The van der Waals surface area contributed by atoms with Crippen molar-refractivity contribution in [2.75, 3.05) is 4.90 Å². The van der Waals surface area contributed by atoms with Crippen LogP contribution in [-0.4, -0.2) is 4.57 Å². The topological polar surface area (TPSA) is 8.17 Å². The van der Waals surface area contributed by atoms with Gasteiger partial charge in [-0.05, 0) is 65.4 Å². The quantitative estimate of drug-likeness (QED) is 0.206. The Kier molecular flexibility index (Phi) is 5.40. The van der Waals surface area contributed by atoms with Gasteiger partial charge in [-0.25, -0.2) is 0 Å². The second-order valence-electron chi connectivity index (χ2n) is 11.0. The van der Waals surface area contributed by atoms with E-state index in [4.69, 9.17) is 0 Å². The lowest BCUT2D eigenvalue weighted by Gasteiger charge is -2.26. The van der Waals surface area contributed by atoms with E-state index in [2.05, 4.69) is 167 Å². The van der Waals surface area contributed by atoms with E-state index in [1.165, 1.54) is 52.8 Å². The molecular formula is C40H26N2S. The predicted octanol–water partition coefficient (Wildman–Crippen LogP) is 11.8. The highest BCUT2D eigenvalue weighted by Gasteiger charge is 2.18. The Morgan fingerprint density at radius 1 is 0.419 bits per heavy atom. The first-order chi connectivity index (χ1) is 21.3. The maximum absolute atomic E-state index is 2.39. The number of rotatable bonds is 4. The van der Waals surface area contributed by atoms with Crippen molar-refractivity contribution in [2.24, 2.45) is 0 Å². The van der Waals surface area contributed by atoms with Gasteiger partial charge in [0.2, 0.25) is 0 Å². The van der Waals surface area contributed by atoms with E-state index in [1.807, 2.05) is 11.3 Å². The van der Waals surface area contributed by atoms with Gasteiger partial charge in [0.15, 0.2) is 0 Å². The summed E-state index contributed by atoms with van der Waals surface area (Å²) < 4.78 is 5.03. The van der Waals surface area contributed by atoms with Crippen LogP contribution in [0.25, 0.3) is 58.4 Å². The molecule has 2 aromatic heterocycles. The van der Waals surface area contributed by atoms with Crippen molar-refractivity contribution in [3.05, 3.63) is 158 Å². The normalized spacial score (nSPS) is 11.7. The van der Waals surface area contributed by atoms with Crippen molar-refractivity contribution in [1.29, 1.82) is 0 Å². The minimum Gasteiger partial charge on any atom is -0.310 e. The molecule has 0 fully saturated rings. The van der Waals surface area contributed by atoms with Crippen LogP contribution in [0.4, 0.5) is 17.1 Å². The van der Waals surface area contributed by atoms with Gasteiger partial charge in [-0.3, -0.25) is 0 Å². The first-order valence-electron chi connectivity index (χ1n) is 14.6. The molecule has 0 bridgehead atoms. The van der Waals surface area contributed by atoms with Crippen LogP contribution in [0.1, 0.15) is 0 Å². The molecule has 0 amide bonds. The number of hydrogen-bond donors (Lipinski definition) is 0. The van der Waals surface area contributed by atoms with E-state index in [-0.39, 0.29) is 0 Å². The molecule has 0 aliphatic carbocycles. The monoisotopic (exact) mass is 566 g/mol. The number of nitrogens with zero attached hydrogens (tertiary/aromatic N) is 2. The fourth-order valence-corrected chi connectivity index (χ4v) is 7.88. The first kappa shape index (κ1) is 24.2. The zero-order chi connectivity index (χ0) is 28.3. The second kappa shape index (κ2) is 9.59. The molecule has 0 radical (unpaired) electrons. The number of para-hydroxylation sites is 3. The van der Waals surface area contributed by atoms with Gasteiger partial charge in [0.25, 0.3) is 0 Å². The Labute approximate surface area is 253 Å². The molecule has 2 heterocycles. The van der Waals surface area contributed by atoms with E-state index in [9.17, 15) is 0 Å². The van der Waals surface area contributed by atoms with Gasteiger partial charge in [0.1, 0.15) is 0 Å². The van der Waals surface area contributed by atoms with Crippen molar-refractivity contribution in [3.8, 4) is 5.69 Å². The Bertz CT molecular complexity index is 2450. The SMILES string of the molecule is c1ccc(N(c2ccc3c(c2)sc2c4ccccc4ccc32)c2ccc3c4ccccc4n(-c4ccccc4)c3c2)cc1. The Balaban J connectivity index is 1.29. The van der Waals surface area contributed by atoms with E-state index < -0.39 is 0 Å². The summed E-state index contributed by atoms with van der Waals surface area (Å²) in [7, 11) is 0. The number of hydrogen-bond acceptors (Lipinski definition) is 2. The molecule has 0 N–H and O–H groups in total. The molecule has 0 unspecified atom stereocenters. The molecule has 0 atom stereocenters. The highest BCUT2D eigenvalue weighted by molar-refractivity contribution is 7.26. The fraction of sp³-hybridized carbons (Fsp3) is 0. The van der Waals surface area contributed by atoms with Gasteiger partial charge in [0, 0.05) is 53.7 Å². The molecule has 7 aromatic carbocycles. The summed E-state index contributed by atoms with van der Waals surface area (Å²) in [6.45, 7) is 0. The summed E-state index contributed by atoms with van der Waals surface area (Å²) in [5, 5.41) is 7.75. The van der Waals surface area contributed by atoms with Crippen LogP contribution in [0.5, 0.6) is 0 Å². The molecule has 0 saturated carbocycles. The van der Waals surface area contributed by atoms with Crippen LogP contribution in [-0.2, 0) is 0 Å². The highest BCUT2D eigenvalue weighted by Crippen LogP contribution is 2.43. The number of benzene rings is 7. The van der Waals surface area contributed by atoms with Gasteiger partial charge in [0.05, 0.1) is 11.0 Å². The highest BCUT2D eigenvalue weighted by atomic mass is 32.1. The van der Waals surface area contributed by atoms with E-state index in [0.717, 1.165) is 22.7 Å². The number of thiophene rings is 1. The van der Waals surface area contributed by atoms with Crippen LogP contribution < -0.4 is 4.90 Å².